The Kier molecular flexibility index (Phi) is 3.02. The molecule has 0 saturated carbocycles. The summed E-state index contributed by atoms with van der Waals surface area (Å²) in [7, 11) is 1.28. The van der Waals surface area contributed by atoms with E-state index in [1.807, 2.05) is 13.0 Å². The number of pyridine rings is 1. The fourth-order valence-corrected chi connectivity index (χ4v) is 2.28. The molecule has 88 valence electrons. The number of hydrogen-bond acceptors (Lipinski definition) is 3. The summed E-state index contributed by atoms with van der Waals surface area (Å²) in [6.45, 7) is 1.87. The standard InChI is InChI=1S/C12H10BrNO3/c1-6-3-7(13)4-8-10(15)5-9(12(16)17-2)14-11(6)8/h3-5H,1-2H3,(H,14,15). The largest absolute Gasteiger partial charge is 0.464 e. The number of aromatic amines is 1. The molecule has 1 N–H and O–H groups in total. The van der Waals surface area contributed by atoms with E-state index in [0.717, 1.165) is 10.0 Å². The van der Waals surface area contributed by atoms with Crippen LogP contribution in [0.3, 0.4) is 0 Å². The molecule has 17 heavy (non-hydrogen) atoms. The van der Waals surface area contributed by atoms with Crippen molar-refractivity contribution in [1.82, 2.24) is 4.98 Å². The fraction of sp³-hybridized carbons (Fsp3) is 0.167. The highest BCUT2D eigenvalue weighted by Crippen LogP contribution is 2.20. The van der Waals surface area contributed by atoms with Gasteiger partial charge in [0.1, 0.15) is 5.69 Å². The van der Waals surface area contributed by atoms with Crippen LogP contribution in [0.4, 0.5) is 0 Å². The number of halogens is 1. The van der Waals surface area contributed by atoms with Crippen LogP contribution in [-0.2, 0) is 4.74 Å². The van der Waals surface area contributed by atoms with E-state index in [0.29, 0.717) is 10.9 Å². The van der Waals surface area contributed by atoms with Crippen molar-refractivity contribution < 1.29 is 9.53 Å². The van der Waals surface area contributed by atoms with E-state index in [4.69, 9.17) is 0 Å². The SMILES string of the molecule is COC(=O)c1cc(=O)c2cc(Br)cc(C)c2[nH]1. The van der Waals surface area contributed by atoms with Crippen molar-refractivity contribution in [3.8, 4) is 0 Å². The van der Waals surface area contributed by atoms with Crippen molar-refractivity contribution in [1.29, 1.82) is 0 Å². The topological polar surface area (TPSA) is 59.2 Å². The van der Waals surface area contributed by atoms with Gasteiger partial charge in [-0.15, -0.1) is 0 Å². The third-order valence-electron chi connectivity index (χ3n) is 2.51. The van der Waals surface area contributed by atoms with E-state index < -0.39 is 5.97 Å². The van der Waals surface area contributed by atoms with Crippen LogP contribution in [0.25, 0.3) is 10.9 Å². The van der Waals surface area contributed by atoms with Crippen molar-refractivity contribution in [2.24, 2.45) is 0 Å². The lowest BCUT2D eigenvalue weighted by Crippen LogP contribution is -2.11. The Morgan fingerprint density at radius 3 is 2.71 bits per heavy atom. The molecule has 4 nitrogen and oxygen atoms in total. The number of benzene rings is 1. The van der Waals surface area contributed by atoms with Crippen LogP contribution < -0.4 is 5.43 Å². The van der Waals surface area contributed by atoms with Gasteiger partial charge in [-0.1, -0.05) is 15.9 Å². The molecule has 0 atom stereocenters. The second-order valence-electron chi connectivity index (χ2n) is 3.68. The zero-order valence-corrected chi connectivity index (χ0v) is 10.9. The predicted octanol–water partition coefficient (Wildman–Crippen LogP) is 2.39. The highest BCUT2D eigenvalue weighted by molar-refractivity contribution is 9.10. The third kappa shape index (κ3) is 2.10. The molecule has 0 radical (unpaired) electrons. The Morgan fingerprint density at radius 1 is 1.35 bits per heavy atom. The molecule has 0 amide bonds. The maximum absolute atomic E-state index is 11.9. The lowest BCUT2D eigenvalue weighted by Gasteiger charge is -2.05. The monoisotopic (exact) mass is 295 g/mol. The van der Waals surface area contributed by atoms with Gasteiger partial charge in [-0.05, 0) is 24.6 Å². The van der Waals surface area contributed by atoms with Crippen LogP contribution in [-0.4, -0.2) is 18.1 Å². The van der Waals surface area contributed by atoms with Crippen molar-refractivity contribution >= 4 is 32.8 Å². The molecule has 0 spiro atoms. The molecule has 1 aromatic heterocycles. The summed E-state index contributed by atoms with van der Waals surface area (Å²) < 4.78 is 5.42. The van der Waals surface area contributed by atoms with Gasteiger partial charge in [0.05, 0.1) is 12.6 Å². The minimum Gasteiger partial charge on any atom is -0.464 e. The van der Waals surface area contributed by atoms with Gasteiger partial charge < -0.3 is 9.72 Å². The summed E-state index contributed by atoms with van der Waals surface area (Å²) in [6.07, 6.45) is 0. The van der Waals surface area contributed by atoms with Crippen LogP contribution in [0.1, 0.15) is 16.1 Å². The molecule has 0 aliphatic rings. The second-order valence-corrected chi connectivity index (χ2v) is 4.60. The Labute approximate surface area is 106 Å². The van der Waals surface area contributed by atoms with Crippen molar-refractivity contribution in [2.45, 2.75) is 6.92 Å². The summed E-state index contributed by atoms with van der Waals surface area (Å²) in [5, 5.41) is 0.546. The van der Waals surface area contributed by atoms with Gasteiger partial charge in [0.15, 0.2) is 5.43 Å². The Hall–Kier alpha value is -1.62. The number of aromatic nitrogens is 1. The Balaban J connectivity index is 2.82. The lowest BCUT2D eigenvalue weighted by molar-refractivity contribution is 0.0594. The molecular formula is C12H10BrNO3. The summed E-state index contributed by atoms with van der Waals surface area (Å²) >= 11 is 3.33. The van der Waals surface area contributed by atoms with Gasteiger partial charge in [-0.25, -0.2) is 4.79 Å². The van der Waals surface area contributed by atoms with Crippen molar-refractivity contribution in [3.05, 3.63) is 44.2 Å². The van der Waals surface area contributed by atoms with E-state index >= 15 is 0 Å². The van der Waals surface area contributed by atoms with Crippen LogP contribution in [0.15, 0.2) is 27.5 Å². The number of H-pyrrole nitrogens is 1. The number of hydrogen-bond donors (Lipinski definition) is 1. The first kappa shape index (κ1) is 11.9. The number of rotatable bonds is 1. The fourth-order valence-electron chi connectivity index (χ4n) is 1.70. The average molecular weight is 296 g/mol. The van der Waals surface area contributed by atoms with Crippen LogP contribution in [0.2, 0.25) is 0 Å². The zero-order valence-electron chi connectivity index (χ0n) is 9.33. The number of esters is 1. The summed E-state index contributed by atoms with van der Waals surface area (Å²) in [4.78, 5) is 26.2. The van der Waals surface area contributed by atoms with Gasteiger partial charge in [-0.3, -0.25) is 4.79 Å². The smallest absolute Gasteiger partial charge is 0.354 e. The van der Waals surface area contributed by atoms with Crippen LogP contribution in [0.5, 0.6) is 0 Å². The molecule has 0 saturated heterocycles. The molecular weight excluding hydrogens is 286 g/mol. The number of fused-ring (bicyclic) bond motifs is 1. The summed E-state index contributed by atoms with van der Waals surface area (Å²) in [5.74, 6) is -0.550. The number of carbonyl (C=O) groups is 1. The highest BCUT2D eigenvalue weighted by atomic mass is 79.9. The second kappa shape index (κ2) is 4.33. The molecule has 1 heterocycles. The quantitative estimate of drug-likeness (QED) is 0.822. The maximum Gasteiger partial charge on any atom is 0.354 e. The number of aryl methyl sites for hydroxylation is 1. The Morgan fingerprint density at radius 2 is 2.06 bits per heavy atom. The first-order valence-corrected chi connectivity index (χ1v) is 5.73. The molecule has 0 unspecified atom stereocenters. The van der Waals surface area contributed by atoms with E-state index in [-0.39, 0.29) is 11.1 Å². The molecule has 0 fully saturated rings. The van der Waals surface area contributed by atoms with Gasteiger partial charge >= 0.3 is 5.97 Å². The summed E-state index contributed by atoms with van der Waals surface area (Å²) in [5.41, 5.74) is 1.50. The minimum absolute atomic E-state index is 0.162. The van der Waals surface area contributed by atoms with E-state index in [2.05, 4.69) is 25.7 Å². The molecule has 0 bridgehead atoms. The number of methoxy groups -OCH3 is 1. The first-order valence-electron chi connectivity index (χ1n) is 4.94. The van der Waals surface area contributed by atoms with Crippen molar-refractivity contribution in [2.75, 3.05) is 7.11 Å². The average Bonchev–Trinajstić information content (AvgIpc) is 2.29. The molecule has 0 aliphatic carbocycles. The molecule has 5 heteroatoms. The minimum atomic E-state index is -0.550. The number of carbonyl (C=O) groups excluding carboxylic acids is 1. The van der Waals surface area contributed by atoms with Gasteiger partial charge in [0.2, 0.25) is 0 Å². The molecule has 2 rings (SSSR count). The van der Waals surface area contributed by atoms with Gasteiger partial charge in [-0.2, -0.15) is 0 Å². The van der Waals surface area contributed by atoms with Gasteiger partial charge in [0, 0.05) is 15.9 Å². The third-order valence-corrected chi connectivity index (χ3v) is 2.96. The number of ether oxygens (including phenoxy) is 1. The lowest BCUT2D eigenvalue weighted by atomic mass is 10.1. The van der Waals surface area contributed by atoms with Crippen LogP contribution >= 0.6 is 15.9 Å². The van der Waals surface area contributed by atoms with E-state index in [1.165, 1.54) is 13.2 Å². The van der Waals surface area contributed by atoms with Crippen LogP contribution in [0, 0.1) is 6.92 Å². The van der Waals surface area contributed by atoms with Crippen molar-refractivity contribution in [3.63, 3.8) is 0 Å². The highest BCUT2D eigenvalue weighted by Gasteiger charge is 2.11. The summed E-state index contributed by atoms with van der Waals surface area (Å²) in [6, 6.07) is 4.85. The zero-order chi connectivity index (χ0) is 12.6. The normalized spacial score (nSPS) is 10.5. The van der Waals surface area contributed by atoms with E-state index in [9.17, 15) is 9.59 Å². The first-order chi connectivity index (χ1) is 8.02. The maximum atomic E-state index is 11.9. The molecule has 1 aromatic carbocycles. The predicted molar refractivity (Wildman–Crippen MR) is 68.3 cm³/mol. The van der Waals surface area contributed by atoms with E-state index in [1.54, 1.807) is 6.07 Å². The molecule has 2 aromatic rings. The molecule has 0 aliphatic heterocycles. The Bertz CT molecular complexity index is 661. The number of nitrogens with one attached hydrogen (secondary N) is 1. The van der Waals surface area contributed by atoms with Gasteiger partial charge in [0.25, 0.3) is 0 Å².